The van der Waals surface area contributed by atoms with Crippen molar-refractivity contribution in [3.05, 3.63) is 35.5 Å². The van der Waals surface area contributed by atoms with E-state index in [-0.39, 0.29) is 6.10 Å². The molecule has 3 aliphatic rings. The van der Waals surface area contributed by atoms with Gasteiger partial charge < -0.3 is 15.3 Å². The number of allylic oxidation sites excluding steroid dienone is 4. The monoisotopic (exact) mass is 416 g/mol. The van der Waals surface area contributed by atoms with Crippen LogP contribution in [0.2, 0.25) is 0 Å². The lowest BCUT2D eigenvalue weighted by molar-refractivity contribution is -0.0554. The first kappa shape index (κ1) is 23.8. The lowest BCUT2D eigenvalue weighted by atomic mass is 9.60. The van der Waals surface area contributed by atoms with Crippen molar-refractivity contribution in [3.8, 4) is 0 Å². The molecule has 0 spiro atoms. The zero-order valence-corrected chi connectivity index (χ0v) is 19.7. The molecule has 0 amide bonds. The predicted octanol–water partition coefficient (Wildman–Crippen LogP) is 5.70. The zero-order valence-electron chi connectivity index (χ0n) is 19.7. The molecule has 0 heterocycles. The van der Waals surface area contributed by atoms with E-state index in [4.69, 9.17) is 0 Å². The summed E-state index contributed by atoms with van der Waals surface area (Å²) < 4.78 is 0. The number of hydrogen-bond acceptors (Lipinski definition) is 3. The van der Waals surface area contributed by atoms with E-state index in [2.05, 4.69) is 32.6 Å². The highest BCUT2D eigenvalue weighted by Crippen LogP contribution is 2.60. The molecule has 0 saturated heterocycles. The number of rotatable bonds is 6. The van der Waals surface area contributed by atoms with Crippen LogP contribution >= 0.6 is 0 Å². The van der Waals surface area contributed by atoms with E-state index in [1.807, 2.05) is 0 Å². The van der Waals surface area contributed by atoms with Gasteiger partial charge in [0.05, 0.1) is 17.8 Å². The van der Waals surface area contributed by atoms with Crippen LogP contribution in [0.15, 0.2) is 35.5 Å². The summed E-state index contributed by atoms with van der Waals surface area (Å²) in [7, 11) is 0. The fraction of sp³-hybridized carbons (Fsp3) is 0.778. The van der Waals surface area contributed by atoms with Gasteiger partial charge in [-0.3, -0.25) is 0 Å². The van der Waals surface area contributed by atoms with Crippen LogP contribution in [-0.2, 0) is 0 Å². The van der Waals surface area contributed by atoms with Gasteiger partial charge in [0, 0.05) is 0 Å². The van der Waals surface area contributed by atoms with Crippen molar-refractivity contribution in [2.75, 3.05) is 0 Å². The van der Waals surface area contributed by atoms with Gasteiger partial charge in [-0.2, -0.15) is 0 Å². The SMILES string of the molecule is C=C1CC[C@H](O)C/C1=C/C=C1/CCC[C@]2(C)[C@@H]([C@H](C)CCC(O)C(C)(C)O)CC[C@@H]12. The summed E-state index contributed by atoms with van der Waals surface area (Å²) in [5.41, 5.74) is 3.34. The van der Waals surface area contributed by atoms with E-state index < -0.39 is 11.7 Å². The molecule has 0 bridgehead atoms. The molecular weight excluding hydrogens is 372 g/mol. The fourth-order valence-corrected chi connectivity index (χ4v) is 6.58. The smallest absolute Gasteiger partial charge is 0.0849 e. The summed E-state index contributed by atoms with van der Waals surface area (Å²) in [6.45, 7) is 12.5. The molecular formula is C27H44O3. The van der Waals surface area contributed by atoms with Crippen LogP contribution in [0.4, 0.5) is 0 Å². The van der Waals surface area contributed by atoms with E-state index in [0.717, 1.165) is 25.7 Å². The molecule has 3 rings (SSSR count). The third-order valence-corrected chi connectivity index (χ3v) is 8.62. The van der Waals surface area contributed by atoms with Crippen molar-refractivity contribution >= 4 is 0 Å². The molecule has 0 aromatic heterocycles. The molecule has 3 saturated carbocycles. The molecule has 170 valence electrons. The average Bonchev–Trinajstić information content (AvgIpc) is 3.03. The van der Waals surface area contributed by atoms with Gasteiger partial charge in [-0.1, -0.05) is 43.7 Å². The summed E-state index contributed by atoms with van der Waals surface area (Å²) in [4.78, 5) is 0. The van der Waals surface area contributed by atoms with Gasteiger partial charge in [0.15, 0.2) is 0 Å². The van der Waals surface area contributed by atoms with E-state index >= 15 is 0 Å². The van der Waals surface area contributed by atoms with Crippen molar-refractivity contribution in [3.63, 3.8) is 0 Å². The maximum atomic E-state index is 10.3. The molecule has 3 nitrogen and oxygen atoms in total. The van der Waals surface area contributed by atoms with Crippen molar-refractivity contribution in [1.82, 2.24) is 0 Å². The Kier molecular flexibility index (Phi) is 7.37. The minimum atomic E-state index is -1.02. The first-order valence-corrected chi connectivity index (χ1v) is 12.2. The van der Waals surface area contributed by atoms with Gasteiger partial charge in [0.2, 0.25) is 0 Å². The first-order valence-electron chi connectivity index (χ1n) is 12.2. The highest BCUT2D eigenvalue weighted by molar-refractivity contribution is 5.36. The minimum Gasteiger partial charge on any atom is -0.393 e. The lowest BCUT2D eigenvalue weighted by Crippen LogP contribution is -2.38. The van der Waals surface area contributed by atoms with Gasteiger partial charge in [0.1, 0.15) is 0 Å². The van der Waals surface area contributed by atoms with Crippen molar-refractivity contribution in [1.29, 1.82) is 0 Å². The average molecular weight is 417 g/mol. The van der Waals surface area contributed by atoms with Gasteiger partial charge in [-0.25, -0.2) is 0 Å². The molecule has 3 fully saturated rings. The maximum absolute atomic E-state index is 10.3. The van der Waals surface area contributed by atoms with Crippen LogP contribution in [0.25, 0.3) is 0 Å². The third kappa shape index (κ3) is 5.11. The second-order valence-corrected chi connectivity index (χ2v) is 11.3. The molecule has 30 heavy (non-hydrogen) atoms. The molecule has 0 aromatic carbocycles. The largest absolute Gasteiger partial charge is 0.393 e. The Bertz CT molecular complexity index is 683. The molecule has 3 N–H and O–H groups in total. The second kappa shape index (κ2) is 9.30. The molecule has 0 radical (unpaired) electrons. The van der Waals surface area contributed by atoms with Gasteiger partial charge >= 0.3 is 0 Å². The Balaban J connectivity index is 1.69. The third-order valence-electron chi connectivity index (χ3n) is 8.62. The summed E-state index contributed by atoms with van der Waals surface area (Å²) in [6, 6.07) is 0. The Morgan fingerprint density at radius 3 is 2.60 bits per heavy atom. The molecule has 0 aliphatic heterocycles. The minimum absolute atomic E-state index is 0.215. The number of aliphatic hydroxyl groups excluding tert-OH is 2. The number of aliphatic hydroxyl groups is 3. The molecule has 3 heteroatoms. The Morgan fingerprint density at radius 2 is 1.90 bits per heavy atom. The lowest BCUT2D eigenvalue weighted by Gasteiger charge is -2.44. The topological polar surface area (TPSA) is 60.7 Å². The summed E-state index contributed by atoms with van der Waals surface area (Å²) in [6.07, 6.45) is 14.1. The second-order valence-electron chi connectivity index (χ2n) is 11.3. The van der Waals surface area contributed by atoms with Crippen LogP contribution in [-0.4, -0.2) is 33.1 Å². The highest BCUT2D eigenvalue weighted by atomic mass is 16.3. The van der Waals surface area contributed by atoms with Crippen LogP contribution in [0.1, 0.15) is 91.9 Å². The molecule has 1 unspecified atom stereocenters. The van der Waals surface area contributed by atoms with Crippen LogP contribution in [0, 0.1) is 23.2 Å². The number of hydrogen-bond donors (Lipinski definition) is 3. The standard InChI is InChI=1S/C27H44O3/c1-18-8-12-22(28)17-21(18)11-10-20-7-6-16-27(5)23(13-14-24(20)27)19(2)9-15-25(29)26(3,4)30/h10-11,19,22-25,28-30H,1,6-9,12-17H2,2-5H3/b20-10-,21-11-/t19-,22+,23-,24+,25?,27-/m1/s1. The van der Waals surface area contributed by atoms with Crippen molar-refractivity contribution in [2.24, 2.45) is 23.2 Å². The van der Waals surface area contributed by atoms with Gasteiger partial charge in [0.25, 0.3) is 0 Å². The van der Waals surface area contributed by atoms with Crippen molar-refractivity contribution < 1.29 is 15.3 Å². The molecule has 6 atom stereocenters. The number of fused-ring (bicyclic) bond motifs is 1. The molecule has 0 aromatic rings. The van der Waals surface area contributed by atoms with E-state index in [9.17, 15) is 15.3 Å². The maximum Gasteiger partial charge on any atom is 0.0849 e. The summed E-state index contributed by atoms with van der Waals surface area (Å²) in [5.74, 6) is 1.89. The summed E-state index contributed by atoms with van der Waals surface area (Å²) >= 11 is 0. The van der Waals surface area contributed by atoms with Crippen molar-refractivity contribution in [2.45, 2.75) is 110 Å². The van der Waals surface area contributed by atoms with Crippen LogP contribution < -0.4 is 0 Å². The van der Waals surface area contributed by atoms with Crippen LogP contribution in [0.5, 0.6) is 0 Å². The van der Waals surface area contributed by atoms with Gasteiger partial charge in [-0.05, 0) is 107 Å². The van der Waals surface area contributed by atoms with E-state index in [1.165, 1.54) is 43.3 Å². The Labute approximate surface area is 184 Å². The fourth-order valence-electron chi connectivity index (χ4n) is 6.58. The zero-order chi connectivity index (χ0) is 22.1. The normalized spacial score (nSPS) is 37.4. The van der Waals surface area contributed by atoms with E-state index in [1.54, 1.807) is 19.4 Å². The van der Waals surface area contributed by atoms with Crippen LogP contribution in [0.3, 0.4) is 0 Å². The quantitative estimate of drug-likeness (QED) is 0.520. The van der Waals surface area contributed by atoms with E-state index in [0.29, 0.717) is 29.6 Å². The highest BCUT2D eigenvalue weighted by Gasteiger charge is 2.50. The Morgan fingerprint density at radius 1 is 1.17 bits per heavy atom. The Hall–Kier alpha value is -0.900. The summed E-state index contributed by atoms with van der Waals surface area (Å²) in [5, 5.41) is 30.3. The predicted molar refractivity (Wildman–Crippen MR) is 124 cm³/mol. The molecule has 3 aliphatic carbocycles. The van der Waals surface area contributed by atoms with Gasteiger partial charge in [-0.15, -0.1) is 0 Å². The first-order chi connectivity index (χ1) is 14.0.